The largest absolute Gasteiger partial charge is 0.357 e. The zero-order valence-corrected chi connectivity index (χ0v) is 17.6. The number of hydrogen-bond donors (Lipinski definition) is 1. The van der Waals surface area contributed by atoms with Gasteiger partial charge in [-0.05, 0) is 0 Å². The van der Waals surface area contributed by atoms with Crippen LogP contribution in [0.25, 0.3) is 28.1 Å². The van der Waals surface area contributed by atoms with E-state index in [1.807, 2.05) is 34.9 Å². The molecule has 1 aliphatic rings. The quantitative estimate of drug-likeness (QED) is 0.322. The number of aromatic amines is 1. The van der Waals surface area contributed by atoms with E-state index in [1.165, 1.54) is 22.0 Å². The minimum atomic E-state index is -0.822. The van der Waals surface area contributed by atoms with Crippen LogP contribution in [0.1, 0.15) is 16.2 Å². The van der Waals surface area contributed by atoms with Crippen molar-refractivity contribution in [1.29, 1.82) is 0 Å². The van der Waals surface area contributed by atoms with Gasteiger partial charge in [-0.15, -0.1) is 15.3 Å². The molecule has 5 heterocycles. The number of halogens is 1. The summed E-state index contributed by atoms with van der Waals surface area (Å²) in [5.74, 6) is -0.732. The van der Waals surface area contributed by atoms with Gasteiger partial charge in [-0.25, -0.2) is 14.1 Å². The standard InChI is InChI=1S/C22H16FN9O2/c23-15-11-25-21(32-7-6-26-29-32)18-17(15)14(10-24-18)19(33)22(34)30-8-9-31-16(12-30)27-28-20(31)13-4-2-1-3-5-13/h1-7,10-11,24H,8-9,12H2. The van der Waals surface area contributed by atoms with Gasteiger partial charge in [-0.1, -0.05) is 35.5 Å². The van der Waals surface area contributed by atoms with Crippen molar-refractivity contribution in [3.05, 3.63) is 72.3 Å². The highest BCUT2D eigenvalue weighted by Gasteiger charge is 2.31. The van der Waals surface area contributed by atoms with Gasteiger partial charge in [-0.3, -0.25) is 9.59 Å². The van der Waals surface area contributed by atoms with Gasteiger partial charge in [-0.2, -0.15) is 0 Å². The molecule has 0 saturated carbocycles. The number of carbonyl (C=O) groups is 2. The van der Waals surface area contributed by atoms with Crippen molar-refractivity contribution < 1.29 is 14.0 Å². The average Bonchev–Trinajstić information content (AvgIpc) is 3.63. The van der Waals surface area contributed by atoms with Crippen LogP contribution in [0, 0.1) is 5.82 Å². The summed E-state index contributed by atoms with van der Waals surface area (Å²) >= 11 is 0. The van der Waals surface area contributed by atoms with Gasteiger partial charge < -0.3 is 14.5 Å². The first-order valence-electron chi connectivity index (χ1n) is 10.4. The molecule has 0 spiro atoms. The number of pyridine rings is 1. The monoisotopic (exact) mass is 457 g/mol. The molecule has 1 N–H and O–H groups in total. The Bertz CT molecular complexity index is 1540. The Balaban J connectivity index is 1.29. The number of aromatic nitrogens is 8. The first-order valence-corrected chi connectivity index (χ1v) is 10.4. The van der Waals surface area contributed by atoms with Crippen LogP contribution in [-0.2, 0) is 17.9 Å². The number of ketones is 1. The minimum absolute atomic E-state index is 0.0228. The Hall–Kier alpha value is -4.74. The first kappa shape index (κ1) is 19.9. The lowest BCUT2D eigenvalue weighted by molar-refractivity contribution is -0.127. The SMILES string of the molecule is O=C(C(=O)N1CCn2c(nnc2-c2ccccc2)C1)c1c[nH]c2c(-n3ccnn3)ncc(F)c12. The average molecular weight is 457 g/mol. The molecule has 0 unspecified atom stereocenters. The summed E-state index contributed by atoms with van der Waals surface area (Å²) in [7, 11) is 0. The summed E-state index contributed by atoms with van der Waals surface area (Å²) in [6.45, 7) is 0.862. The molecule has 0 saturated heterocycles. The van der Waals surface area contributed by atoms with E-state index in [0.29, 0.717) is 24.7 Å². The third-order valence-electron chi connectivity index (χ3n) is 5.79. The van der Waals surface area contributed by atoms with Gasteiger partial charge >= 0.3 is 0 Å². The third kappa shape index (κ3) is 3.07. The number of benzene rings is 1. The van der Waals surface area contributed by atoms with E-state index in [1.54, 1.807) is 6.20 Å². The number of nitrogens with one attached hydrogen (secondary N) is 1. The molecule has 0 aliphatic carbocycles. The summed E-state index contributed by atoms with van der Waals surface area (Å²) in [5, 5.41) is 16.0. The van der Waals surface area contributed by atoms with Crippen LogP contribution in [0.2, 0.25) is 0 Å². The van der Waals surface area contributed by atoms with E-state index in [2.05, 4.69) is 30.5 Å². The molecule has 1 aliphatic heterocycles. The Labute approximate surface area is 190 Å². The predicted molar refractivity (Wildman–Crippen MR) is 116 cm³/mol. The molecule has 0 bridgehead atoms. The van der Waals surface area contributed by atoms with Gasteiger partial charge in [0.05, 0.1) is 41.6 Å². The molecule has 168 valence electrons. The van der Waals surface area contributed by atoms with E-state index < -0.39 is 17.5 Å². The topological polar surface area (TPSA) is 127 Å². The molecule has 6 rings (SSSR count). The van der Waals surface area contributed by atoms with Gasteiger partial charge in [0.2, 0.25) is 0 Å². The fourth-order valence-electron chi connectivity index (χ4n) is 4.16. The highest BCUT2D eigenvalue weighted by molar-refractivity contribution is 6.45. The van der Waals surface area contributed by atoms with Crippen molar-refractivity contribution in [3.8, 4) is 17.2 Å². The molecule has 34 heavy (non-hydrogen) atoms. The van der Waals surface area contributed by atoms with Crippen LogP contribution in [0.3, 0.4) is 0 Å². The number of hydrogen-bond acceptors (Lipinski definition) is 7. The molecule has 0 fully saturated rings. The number of nitrogens with zero attached hydrogens (tertiary/aromatic N) is 8. The maximum Gasteiger partial charge on any atom is 0.295 e. The van der Waals surface area contributed by atoms with Crippen molar-refractivity contribution in [2.45, 2.75) is 13.1 Å². The van der Waals surface area contributed by atoms with Crippen molar-refractivity contribution >= 4 is 22.6 Å². The van der Waals surface area contributed by atoms with Crippen LogP contribution < -0.4 is 0 Å². The molecule has 4 aromatic heterocycles. The van der Waals surface area contributed by atoms with E-state index in [0.717, 1.165) is 11.8 Å². The van der Waals surface area contributed by atoms with Crippen molar-refractivity contribution in [3.63, 3.8) is 0 Å². The lowest BCUT2D eigenvalue weighted by atomic mass is 10.1. The molecular weight excluding hydrogens is 441 g/mol. The number of Topliss-reactive ketones (excluding diaryl/α,β-unsaturated/α-hetero) is 1. The van der Waals surface area contributed by atoms with Crippen LogP contribution in [-0.4, -0.2) is 62.9 Å². The molecule has 11 nitrogen and oxygen atoms in total. The Morgan fingerprint density at radius 2 is 1.94 bits per heavy atom. The summed E-state index contributed by atoms with van der Waals surface area (Å²) in [5.41, 5.74) is 1.09. The Kier molecular flexibility index (Phi) is 4.50. The summed E-state index contributed by atoms with van der Waals surface area (Å²) in [6.07, 6.45) is 5.30. The molecular formula is C22H16FN9O2. The van der Waals surface area contributed by atoms with Crippen LogP contribution >= 0.6 is 0 Å². The van der Waals surface area contributed by atoms with E-state index in [4.69, 9.17) is 0 Å². The molecule has 0 radical (unpaired) electrons. The summed E-state index contributed by atoms with van der Waals surface area (Å²) in [4.78, 5) is 34.5. The second-order valence-corrected chi connectivity index (χ2v) is 7.74. The van der Waals surface area contributed by atoms with Crippen molar-refractivity contribution in [2.75, 3.05) is 6.54 Å². The van der Waals surface area contributed by atoms with E-state index >= 15 is 0 Å². The lowest BCUT2D eigenvalue weighted by Crippen LogP contribution is -2.42. The number of H-pyrrole nitrogens is 1. The van der Waals surface area contributed by atoms with Gasteiger partial charge in [0.1, 0.15) is 0 Å². The number of fused-ring (bicyclic) bond motifs is 2. The first-order chi connectivity index (χ1) is 16.6. The Morgan fingerprint density at radius 3 is 2.74 bits per heavy atom. The highest BCUT2D eigenvalue weighted by atomic mass is 19.1. The van der Waals surface area contributed by atoms with Crippen molar-refractivity contribution in [2.24, 2.45) is 0 Å². The molecule has 0 atom stereocenters. The number of carbonyl (C=O) groups excluding carboxylic acids is 2. The van der Waals surface area contributed by atoms with Crippen LogP contribution in [0.15, 0.2) is 55.1 Å². The number of amides is 1. The summed E-state index contributed by atoms with van der Waals surface area (Å²) < 4.78 is 18.0. The Morgan fingerprint density at radius 1 is 1.09 bits per heavy atom. The normalized spacial score (nSPS) is 13.3. The molecule has 1 amide bonds. The van der Waals surface area contributed by atoms with Gasteiger partial charge in [0.15, 0.2) is 23.3 Å². The predicted octanol–water partition coefficient (Wildman–Crippen LogP) is 1.77. The second-order valence-electron chi connectivity index (χ2n) is 7.74. The summed E-state index contributed by atoms with van der Waals surface area (Å²) in [6, 6.07) is 9.62. The fourth-order valence-corrected chi connectivity index (χ4v) is 4.16. The second kappa shape index (κ2) is 7.69. The van der Waals surface area contributed by atoms with Crippen molar-refractivity contribution in [1.82, 2.24) is 44.6 Å². The van der Waals surface area contributed by atoms with E-state index in [-0.39, 0.29) is 28.8 Å². The molecule has 5 aromatic rings. The lowest BCUT2D eigenvalue weighted by Gasteiger charge is -2.27. The smallest absolute Gasteiger partial charge is 0.295 e. The van der Waals surface area contributed by atoms with Crippen LogP contribution in [0.5, 0.6) is 0 Å². The van der Waals surface area contributed by atoms with Crippen LogP contribution in [0.4, 0.5) is 4.39 Å². The van der Waals surface area contributed by atoms with Gasteiger partial charge in [0.25, 0.3) is 11.7 Å². The minimum Gasteiger partial charge on any atom is -0.357 e. The maximum absolute atomic E-state index is 14.7. The van der Waals surface area contributed by atoms with Gasteiger partial charge in [0, 0.05) is 24.8 Å². The number of rotatable bonds is 4. The fraction of sp³-hybridized carbons (Fsp3) is 0.136. The zero-order valence-electron chi connectivity index (χ0n) is 17.6. The maximum atomic E-state index is 14.7. The van der Waals surface area contributed by atoms with E-state index in [9.17, 15) is 14.0 Å². The molecule has 12 heteroatoms. The highest BCUT2D eigenvalue weighted by Crippen LogP contribution is 2.27. The zero-order chi connectivity index (χ0) is 23.2. The molecule has 1 aromatic carbocycles. The third-order valence-corrected chi connectivity index (χ3v) is 5.79.